The van der Waals surface area contributed by atoms with Crippen LogP contribution in [0.5, 0.6) is 0 Å². The van der Waals surface area contributed by atoms with Gasteiger partial charge in [0.05, 0.1) is 22.0 Å². The minimum absolute atomic E-state index is 0.00973. The van der Waals surface area contributed by atoms with Gasteiger partial charge in [-0.3, -0.25) is 4.79 Å². The average molecular weight is 531 g/mol. The highest BCUT2D eigenvalue weighted by Crippen LogP contribution is 2.38. The molecule has 1 aromatic carbocycles. The smallest absolute Gasteiger partial charge is 0.299 e. The van der Waals surface area contributed by atoms with Gasteiger partial charge in [0, 0.05) is 24.1 Å². The molecule has 1 aliphatic rings. The summed E-state index contributed by atoms with van der Waals surface area (Å²) in [5.74, 6) is -1.83. The molecule has 6 nitrogen and oxygen atoms in total. The van der Waals surface area contributed by atoms with Gasteiger partial charge < -0.3 is 0 Å². The Kier molecular flexibility index (Phi) is 6.95. The highest BCUT2D eigenvalue weighted by molar-refractivity contribution is 7.92. The summed E-state index contributed by atoms with van der Waals surface area (Å²) >= 11 is 0. The van der Waals surface area contributed by atoms with E-state index in [0.717, 1.165) is 41.2 Å². The Morgan fingerprint density at radius 2 is 1.78 bits per heavy atom. The van der Waals surface area contributed by atoms with Crippen LogP contribution in [0.2, 0.25) is 0 Å². The van der Waals surface area contributed by atoms with Crippen LogP contribution in [0.3, 0.4) is 0 Å². The SMILES string of the molecule is O=C(CCc1cn(-c2ccc(C(F)(F)F)nc2)nc1C(F)F)[C@@H]1CC[C@@H]1S(=O)(=O)c1ccc(F)cc1. The number of Topliss-reactive ketones (excluding diaryl/α,β-unsaturated/α-hetero) is 1. The maximum Gasteiger partial charge on any atom is 0.433 e. The van der Waals surface area contributed by atoms with Gasteiger partial charge >= 0.3 is 6.18 Å². The van der Waals surface area contributed by atoms with Gasteiger partial charge in [-0.2, -0.15) is 18.3 Å². The third-order valence-electron chi connectivity index (χ3n) is 6.14. The molecular weight excluding hydrogens is 512 g/mol. The molecule has 0 N–H and O–H groups in total. The summed E-state index contributed by atoms with van der Waals surface area (Å²) in [5, 5.41) is 2.76. The first-order valence-electron chi connectivity index (χ1n) is 10.8. The number of aromatic nitrogens is 3. The Labute approximate surface area is 201 Å². The number of hydrogen-bond donors (Lipinski definition) is 0. The van der Waals surface area contributed by atoms with Crippen LogP contribution >= 0.6 is 0 Å². The van der Waals surface area contributed by atoms with Crippen LogP contribution in [0.1, 0.15) is 42.6 Å². The van der Waals surface area contributed by atoms with Crippen LogP contribution in [0, 0.1) is 11.7 Å². The number of carbonyl (C=O) groups is 1. The van der Waals surface area contributed by atoms with Crippen LogP contribution in [-0.4, -0.2) is 34.2 Å². The number of nitrogens with zero attached hydrogens (tertiary/aromatic N) is 3. The van der Waals surface area contributed by atoms with Gasteiger partial charge in [-0.15, -0.1) is 0 Å². The van der Waals surface area contributed by atoms with Crippen molar-refractivity contribution in [3.63, 3.8) is 0 Å². The lowest BCUT2D eigenvalue weighted by Gasteiger charge is -2.35. The van der Waals surface area contributed by atoms with E-state index in [4.69, 9.17) is 0 Å². The van der Waals surface area contributed by atoms with Crippen molar-refractivity contribution in [2.45, 2.75) is 48.4 Å². The van der Waals surface area contributed by atoms with Crippen LogP contribution < -0.4 is 0 Å². The highest BCUT2D eigenvalue weighted by Gasteiger charge is 2.45. The van der Waals surface area contributed by atoms with Crippen molar-refractivity contribution >= 4 is 15.6 Å². The van der Waals surface area contributed by atoms with Gasteiger partial charge in [-0.1, -0.05) is 0 Å². The summed E-state index contributed by atoms with van der Waals surface area (Å²) in [5.41, 5.74) is -1.75. The number of alkyl halides is 5. The van der Waals surface area contributed by atoms with Gasteiger partial charge in [0.25, 0.3) is 6.43 Å². The maximum atomic E-state index is 13.5. The number of rotatable bonds is 8. The number of benzene rings is 1. The first kappa shape index (κ1) is 25.9. The molecule has 0 bridgehead atoms. The Morgan fingerprint density at radius 1 is 1.08 bits per heavy atom. The fourth-order valence-corrected chi connectivity index (χ4v) is 6.10. The number of hydrogen-bond acceptors (Lipinski definition) is 5. The largest absolute Gasteiger partial charge is 0.433 e. The molecule has 4 rings (SSSR count). The highest BCUT2D eigenvalue weighted by atomic mass is 32.2. The van der Waals surface area contributed by atoms with E-state index in [-0.39, 0.29) is 35.4 Å². The molecule has 1 fully saturated rings. The Morgan fingerprint density at radius 3 is 2.31 bits per heavy atom. The lowest BCUT2D eigenvalue weighted by molar-refractivity contribution is -0.141. The number of carbonyl (C=O) groups excluding carboxylic acids is 1. The first-order chi connectivity index (χ1) is 16.9. The fourth-order valence-electron chi connectivity index (χ4n) is 4.07. The van der Waals surface area contributed by atoms with Gasteiger partial charge in [0.15, 0.2) is 9.84 Å². The zero-order chi connectivity index (χ0) is 26.3. The van der Waals surface area contributed by atoms with Crippen LogP contribution in [-0.2, 0) is 27.2 Å². The van der Waals surface area contributed by atoms with Gasteiger partial charge in [-0.25, -0.2) is 31.3 Å². The molecule has 0 unspecified atom stereocenters. The number of aryl methyl sites for hydroxylation is 1. The van der Waals surface area contributed by atoms with Crippen molar-refractivity contribution < 1.29 is 39.6 Å². The molecule has 36 heavy (non-hydrogen) atoms. The van der Waals surface area contributed by atoms with E-state index in [1.807, 2.05) is 0 Å². The minimum Gasteiger partial charge on any atom is -0.299 e. The second kappa shape index (κ2) is 9.68. The predicted octanol–water partition coefficient (Wildman–Crippen LogP) is 5.12. The molecule has 2 atom stereocenters. The van der Waals surface area contributed by atoms with E-state index in [0.29, 0.717) is 12.5 Å². The molecule has 1 aliphatic carbocycles. The molecule has 2 aromatic heterocycles. The maximum absolute atomic E-state index is 13.5. The predicted molar refractivity (Wildman–Crippen MR) is 115 cm³/mol. The molecule has 0 saturated heterocycles. The van der Waals surface area contributed by atoms with Crippen LogP contribution in [0.15, 0.2) is 53.7 Å². The van der Waals surface area contributed by atoms with E-state index < -0.39 is 56.6 Å². The van der Waals surface area contributed by atoms with Gasteiger partial charge in [0.1, 0.15) is 23.0 Å². The average Bonchev–Trinajstić information content (AvgIpc) is 3.21. The Balaban J connectivity index is 1.47. The van der Waals surface area contributed by atoms with E-state index in [9.17, 15) is 39.6 Å². The van der Waals surface area contributed by atoms with E-state index in [2.05, 4.69) is 10.1 Å². The van der Waals surface area contributed by atoms with Crippen molar-refractivity contribution in [2.24, 2.45) is 5.92 Å². The molecule has 0 spiro atoms. The molecule has 192 valence electrons. The molecule has 0 amide bonds. The quantitative estimate of drug-likeness (QED) is 0.298. The summed E-state index contributed by atoms with van der Waals surface area (Å²) in [4.78, 5) is 16.0. The Hall–Kier alpha value is -3.22. The van der Waals surface area contributed by atoms with E-state index in [1.54, 1.807) is 0 Å². The zero-order valence-corrected chi connectivity index (χ0v) is 19.2. The second-order valence-electron chi connectivity index (χ2n) is 8.37. The minimum atomic E-state index is -4.66. The van der Waals surface area contributed by atoms with Crippen molar-refractivity contribution in [1.82, 2.24) is 14.8 Å². The van der Waals surface area contributed by atoms with Crippen molar-refractivity contribution in [3.05, 3.63) is 71.6 Å². The summed E-state index contributed by atoms with van der Waals surface area (Å²) in [6.45, 7) is 0. The number of ketones is 1. The zero-order valence-electron chi connectivity index (χ0n) is 18.4. The lowest BCUT2D eigenvalue weighted by atomic mass is 9.80. The summed E-state index contributed by atoms with van der Waals surface area (Å²) in [6.07, 6.45) is -5.45. The van der Waals surface area contributed by atoms with Gasteiger partial charge in [-0.05, 0) is 55.7 Å². The van der Waals surface area contributed by atoms with Crippen molar-refractivity contribution in [2.75, 3.05) is 0 Å². The number of sulfone groups is 1. The lowest BCUT2D eigenvalue weighted by Crippen LogP contribution is -2.43. The number of pyridine rings is 1. The molecule has 13 heteroatoms. The molecule has 3 aromatic rings. The normalized spacial score (nSPS) is 18.3. The fraction of sp³-hybridized carbons (Fsp3) is 0.348. The molecule has 0 radical (unpaired) electrons. The third-order valence-corrected chi connectivity index (χ3v) is 8.43. The van der Waals surface area contributed by atoms with E-state index in [1.165, 1.54) is 6.20 Å². The topological polar surface area (TPSA) is 81.9 Å². The molecule has 0 aliphatic heterocycles. The Bertz CT molecular complexity index is 1350. The second-order valence-corrected chi connectivity index (χ2v) is 10.5. The molecular formula is C23H19F6N3O3S. The summed E-state index contributed by atoms with van der Waals surface area (Å²) in [7, 11) is -3.87. The molecule has 1 saturated carbocycles. The van der Waals surface area contributed by atoms with Gasteiger partial charge in [0.2, 0.25) is 0 Å². The summed E-state index contributed by atoms with van der Waals surface area (Å²) < 4.78 is 105. The number of halogens is 6. The van der Waals surface area contributed by atoms with Crippen LogP contribution in [0.4, 0.5) is 26.3 Å². The first-order valence-corrected chi connectivity index (χ1v) is 12.3. The molecule has 2 heterocycles. The van der Waals surface area contributed by atoms with Crippen LogP contribution in [0.25, 0.3) is 5.69 Å². The van der Waals surface area contributed by atoms with Crippen molar-refractivity contribution in [1.29, 1.82) is 0 Å². The van der Waals surface area contributed by atoms with E-state index >= 15 is 0 Å². The summed E-state index contributed by atoms with van der Waals surface area (Å²) in [6, 6.07) is 6.01. The third kappa shape index (κ3) is 5.15. The van der Waals surface area contributed by atoms with Crippen molar-refractivity contribution in [3.8, 4) is 5.69 Å². The monoisotopic (exact) mass is 531 g/mol. The standard InChI is InChI=1S/C23H19F6N3O3S/c24-14-2-5-16(6-3-14)36(34,35)19-9-7-17(19)18(33)8-1-13-12-32(31-21(13)22(25)26)15-4-10-20(30-11-15)23(27,28)29/h2-6,10-12,17,19,22H,1,7-9H2/t17-,19-/m0/s1.